The first kappa shape index (κ1) is 22.3. The molecule has 2 aromatic heterocycles. The Bertz CT molecular complexity index is 868. The van der Waals surface area contributed by atoms with Crippen LogP contribution in [-0.2, 0) is 22.9 Å². The summed E-state index contributed by atoms with van der Waals surface area (Å²) in [4.78, 5) is 21.0. The number of oxazole rings is 1. The number of carbonyl (C=O) groups is 1. The van der Waals surface area contributed by atoms with Gasteiger partial charge in [-0.1, -0.05) is 20.8 Å². The van der Waals surface area contributed by atoms with Crippen molar-refractivity contribution >= 4 is 5.91 Å². The lowest BCUT2D eigenvalue weighted by atomic mass is 9.94. The number of hydrogen-bond acceptors (Lipinski definition) is 5. The molecule has 0 saturated carbocycles. The van der Waals surface area contributed by atoms with Crippen LogP contribution in [-0.4, -0.2) is 56.7 Å². The Hall–Kier alpha value is -2.36. The van der Waals surface area contributed by atoms with Gasteiger partial charge in [0, 0.05) is 37.8 Å². The van der Waals surface area contributed by atoms with Crippen LogP contribution in [0.2, 0.25) is 0 Å². The predicted molar refractivity (Wildman–Crippen MR) is 104 cm³/mol. The molecule has 1 saturated heterocycles. The highest BCUT2D eigenvalue weighted by atomic mass is 19.4. The van der Waals surface area contributed by atoms with E-state index < -0.39 is 17.9 Å². The minimum absolute atomic E-state index is 0.109. The van der Waals surface area contributed by atoms with E-state index in [0.29, 0.717) is 32.1 Å². The van der Waals surface area contributed by atoms with Crippen molar-refractivity contribution in [3.8, 4) is 0 Å². The van der Waals surface area contributed by atoms with Crippen LogP contribution < -0.4 is 0 Å². The first-order valence-corrected chi connectivity index (χ1v) is 10.0. The Morgan fingerprint density at radius 1 is 1.20 bits per heavy atom. The molecular formula is C20H28F3N5O2. The molecule has 1 amide bonds. The molecule has 0 aliphatic carbocycles. The van der Waals surface area contributed by atoms with Gasteiger partial charge in [-0.3, -0.25) is 14.4 Å². The van der Waals surface area contributed by atoms with E-state index in [1.165, 1.54) is 6.20 Å². The molecule has 1 unspecified atom stereocenters. The smallest absolute Gasteiger partial charge is 0.435 e. The molecule has 0 bridgehead atoms. The number of halogens is 3. The third-order valence-electron chi connectivity index (χ3n) is 5.20. The Balaban J connectivity index is 1.58. The van der Waals surface area contributed by atoms with Crippen molar-refractivity contribution < 1.29 is 22.4 Å². The van der Waals surface area contributed by atoms with Crippen LogP contribution in [0.25, 0.3) is 0 Å². The SMILES string of the molecule is CC(C(=O)N1CCCN(Cc2ncc(C(C)(C)C)o2)CC1)n1ccc(C(F)(F)F)n1. The number of alkyl halides is 3. The maximum atomic E-state index is 12.8. The fourth-order valence-electron chi connectivity index (χ4n) is 3.35. The summed E-state index contributed by atoms with van der Waals surface area (Å²) >= 11 is 0. The standard InChI is InChI=1S/C20H28F3N5O2/c1-14(28-9-6-15(25-28)20(21,22)23)18(29)27-8-5-7-26(10-11-27)13-17-24-12-16(30-17)19(2,3)4/h6,9,12,14H,5,7-8,10-11,13H2,1-4H3. The van der Waals surface area contributed by atoms with Crippen LogP contribution in [0.4, 0.5) is 13.2 Å². The van der Waals surface area contributed by atoms with E-state index in [1.54, 1.807) is 18.0 Å². The first-order chi connectivity index (χ1) is 13.9. The molecule has 166 valence electrons. The van der Waals surface area contributed by atoms with E-state index >= 15 is 0 Å². The van der Waals surface area contributed by atoms with Crippen molar-refractivity contribution in [1.82, 2.24) is 24.6 Å². The van der Waals surface area contributed by atoms with Gasteiger partial charge in [-0.15, -0.1) is 0 Å². The molecule has 1 fully saturated rings. The second-order valence-corrected chi connectivity index (χ2v) is 8.68. The second kappa shape index (κ2) is 8.41. The van der Waals surface area contributed by atoms with E-state index in [0.717, 1.165) is 29.5 Å². The number of rotatable bonds is 4. The molecule has 7 nitrogen and oxygen atoms in total. The summed E-state index contributed by atoms with van der Waals surface area (Å²) in [5.41, 5.74) is -1.10. The fourth-order valence-corrected chi connectivity index (χ4v) is 3.35. The number of aromatic nitrogens is 3. The van der Waals surface area contributed by atoms with Crippen molar-refractivity contribution in [1.29, 1.82) is 0 Å². The van der Waals surface area contributed by atoms with Crippen molar-refractivity contribution in [2.45, 2.75) is 58.3 Å². The molecule has 30 heavy (non-hydrogen) atoms. The summed E-state index contributed by atoms with van der Waals surface area (Å²) in [6, 6.07) is 0.0876. The monoisotopic (exact) mass is 427 g/mol. The summed E-state index contributed by atoms with van der Waals surface area (Å²) < 4.78 is 45.3. The van der Waals surface area contributed by atoms with Crippen LogP contribution >= 0.6 is 0 Å². The average Bonchev–Trinajstić information content (AvgIpc) is 3.27. The molecule has 1 aliphatic heterocycles. The molecule has 0 spiro atoms. The average molecular weight is 427 g/mol. The topological polar surface area (TPSA) is 67.4 Å². The Morgan fingerprint density at radius 3 is 2.53 bits per heavy atom. The highest BCUT2D eigenvalue weighted by molar-refractivity contribution is 5.80. The number of hydrogen-bond donors (Lipinski definition) is 0. The van der Waals surface area contributed by atoms with E-state index in [-0.39, 0.29) is 11.3 Å². The minimum Gasteiger partial charge on any atom is -0.444 e. The normalized spacial score (nSPS) is 17.8. The van der Waals surface area contributed by atoms with Gasteiger partial charge in [0.25, 0.3) is 0 Å². The molecule has 2 aromatic rings. The first-order valence-electron chi connectivity index (χ1n) is 10.0. The third kappa shape index (κ3) is 5.21. The van der Waals surface area contributed by atoms with Gasteiger partial charge in [-0.25, -0.2) is 4.98 Å². The molecule has 3 heterocycles. The summed E-state index contributed by atoms with van der Waals surface area (Å²) in [6.45, 7) is 10.8. The highest BCUT2D eigenvalue weighted by Gasteiger charge is 2.35. The highest BCUT2D eigenvalue weighted by Crippen LogP contribution is 2.28. The lowest BCUT2D eigenvalue weighted by molar-refractivity contribution is -0.142. The molecule has 3 rings (SSSR count). The van der Waals surface area contributed by atoms with Crippen LogP contribution in [0.15, 0.2) is 22.9 Å². The largest absolute Gasteiger partial charge is 0.444 e. The molecule has 0 N–H and O–H groups in total. The van der Waals surface area contributed by atoms with Gasteiger partial charge in [0.2, 0.25) is 11.8 Å². The van der Waals surface area contributed by atoms with Crippen molar-refractivity contribution in [3.63, 3.8) is 0 Å². The molecule has 10 heteroatoms. The summed E-state index contributed by atoms with van der Waals surface area (Å²) in [5.74, 6) is 1.24. The minimum atomic E-state index is -4.52. The van der Waals surface area contributed by atoms with Gasteiger partial charge in [-0.2, -0.15) is 18.3 Å². The molecule has 0 aromatic carbocycles. The third-order valence-corrected chi connectivity index (χ3v) is 5.20. The molecule has 0 radical (unpaired) electrons. The zero-order valence-corrected chi connectivity index (χ0v) is 17.7. The zero-order valence-electron chi connectivity index (χ0n) is 17.7. The predicted octanol–water partition coefficient (Wildman–Crippen LogP) is 3.48. The number of nitrogens with zero attached hydrogens (tertiary/aromatic N) is 5. The van der Waals surface area contributed by atoms with E-state index in [4.69, 9.17) is 4.42 Å². The number of amides is 1. The Kier molecular flexibility index (Phi) is 6.26. The zero-order chi connectivity index (χ0) is 22.1. The van der Waals surface area contributed by atoms with E-state index in [9.17, 15) is 18.0 Å². The molecule has 1 atom stereocenters. The molecule has 1 aliphatic rings. The quantitative estimate of drug-likeness (QED) is 0.747. The van der Waals surface area contributed by atoms with Gasteiger partial charge in [0.05, 0.1) is 12.7 Å². The summed E-state index contributed by atoms with van der Waals surface area (Å²) in [6.07, 6.45) is -0.809. The maximum Gasteiger partial charge on any atom is 0.435 e. The lowest BCUT2D eigenvalue weighted by Gasteiger charge is -2.24. The summed E-state index contributed by atoms with van der Waals surface area (Å²) in [7, 11) is 0. The van der Waals surface area contributed by atoms with Crippen molar-refractivity contribution in [2.24, 2.45) is 0 Å². The lowest BCUT2D eigenvalue weighted by Crippen LogP contribution is -2.39. The van der Waals surface area contributed by atoms with Gasteiger partial charge < -0.3 is 9.32 Å². The van der Waals surface area contributed by atoms with Crippen LogP contribution in [0.3, 0.4) is 0 Å². The van der Waals surface area contributed by atoms with Gasteiger partial charge in [-0.05, 0) is 19.4 Å². The van der Waals surface area contributed by atoms with Gasteiger partial charge >= 0.3 is 6.18 Å². The second-order valence-electron chi connectivity index (χ2n) is 8.68. The Labute approximate surface area is 173 Å². The van der Waals surface area contributed by atoms with Crippen LogP contribution in [0.5, 0.6) is 0 Å². The van der Waals surface area contributed by atoms with Gasteiger partial charge in [0.15, 0.2) is 5.69 Å². The molecular weight excluding hydrogens is 399 g/mol. The van der Waals surface area contributed by atoms with Gasteiger partial charge in [0.1, 0.15) is 11.8 Å². The fraction of sp³-hybridized carbons (Fsp3) is 0.650. The van der Waals surface area contributed by atoms with E-state index in [2.05, 4.69) is 35.8 Å². The maximum absolute atomic E-state index is 12.8. The van der Waals surface area contributed by atoms with Crippen molar-refractivity contribution in [3.05, 3.63) is 35.8 Å². The van der Waals surface area contributed by atoms with E-state index in [1.807, 2.05) is 0 Å². The number of carbonyl (C=O) groups excluding carboxylic acids is 1. The van der Waals surface area contributed by atoms with Crippen LogP contribution in [0.1, 0.15) is 57.5 Å². The van der Waals surface area contributed by atoms with Crippen molar-refractivity contribution in [2.75, 3.05) is 26.2 Å². The summed E-state index contributed by atoms with van der Waals surface area (Å²) in [5, 5.41) is 3.53. The van der Waals surface area contributed by atoms with Crippen LogP contribution in [0, 0.1) is 0 Å². The Morgan fingerprint density at radius 2 is 1.93 bits per heavy atom.